The lowest BCUT2D eigenvalue weighted by Gasteiger charge is -2.48. The third-order valence-electron chi connectivity index (χ3n) is 4.60. The second-order valence-electron chi connectivity index (χ2n) is 5.69. The van der Waals surface area contributed by atoms with Crippen LogP contribution in [-0.4, -0.2) is 17.3 Å². The van der Waals surface area contributed by atoms with Gasteiger partial charge in [0, 0.05) is 17.0 Å². The largest absolute Gasteiger partial charge is 0.389 e. The number of aliphatic hydroxyl groups is 1. The van der Waals surface area contributed by atoms with Crippen LogP contribution in [0.4, 0.5) is 0 Å². The maximum absolute atomic E-state index is 10.8. The Balaban J connectivity index is 1.91. The van der Waals surface area contributed by atoms with Crippen molar-refractivity contribution in [3.63, 3.8) is 0 Å². The zero-order valence-electron chi connectivity index (χ0n) is 10.5. The van der Waals surface area contributed by atoms with Crippen molar-refractivity contribution in [3.8, 4) is 0 Å². The second-order valence-corrected chi connectivity index (χ2v) is 6.13. The van der Waals surface area contributed by atoms with Crippen LogP contribution in [0.3, 0.4) is 0 Å². The Kier molecular flexibility index (Phi) is 3.35. The van der Waals surface area contributed by atoms with Crippen LogP contribution in [0.5, 0.6) is 0 Å². The zero-order chi connectivity index (χ0) is 12.6. The second kappa shape index (κ2) is 4.84. The average Bonchev–Trinajstić information content (AvgIpc) is 2.37. The summed E-state index contributed by atoms with van der Waals surface area (Å²) < 4.78 is 0. The lowest BCUT2D eigenvalue weighted by atomic mass is 9.67. The third kappa shape index (κ3) is 2.18. The first-order valence-electron chi connectivity index (χ1n) is 6.90. The highest BCUT2D eigenvalue weighted by molar-refractivity contribution is 6.30. The minimum Gasteiger partial charge on any atom is -0.389 e. The van der Waals surface area contributed by atoms with Gasteiger partial charge in [0.2, 0.25) is 0 Å². The van der Waals surface area contributed by atoms with Crippen molar-refractivity contribution in [2.24, 2.45) is 5.92 Å². The third-order valence-corrected chi connectivity index (χ3v) is 4.83. The van der Waals surface area contributed by atoms with E-state index in [1.54, 1.807) is 0 Å². The lowest BCUT2D eigenvalue weighted by molar-refractivity contribution is -0.0861. The molecule has 3 heteroatoms. The maximum atomic E-state index is 10.8. The fraction of sp³-hybridized carbons (Fsp3) is 0.600. The molecule has 0 unspecified atom stereocenters. The molecule has 0 radical (unpaired) electrons. The number of hydrogen-bond donors (Lipinski definition) is 2. The molecule has 2 aliphatic rings. The van der Waals surface area contributed by atoms with Crippen molar-refractivity contribution < 1.29 is 5.11 Å². The molecule has 2 N–H and O–H groups in total. The van der Waals surface area contributed by atoms with Gasteiger partial charge in [0.1, 0.15) is 0 Å². The van der Waals surface area contributed by atoms with E-state index in [0.29, 0.717) is 5.92 Å². The summed E-state index contributed by atoms with van der Waals surface area (Å²) in [4.78, 5) is 0. The topological polar surface area (TPSA) is 32.3 Å². The van der Waals surface area contributed by atoms with E-state index >= 15 is 0 Å². The molecule has 1 saturated carbocycles. The van der Waals surface area contributed by atoms with Crippen LogP contribution in [0.1, 0.15) is 43.7 Å². The van der Waals surface area contributed by atoms with Crippen LogP contribution >= 0.6 is 11.6 Å². The van der Waals surface area contributed by atoms with Crippen molar-refractivity contribution in [2.45, 2.75) is 43.7 Å². The predicted octanol–water partition coefficient (Wildman–Crippen LogP) is 3.30. The highest BCUT2D eigenvalue weighted by atomic mass is 35.5. The van der Waals surface area contributed by atoms with E-state index in [0.717, 1.165) is 37.3 Å². The van der Waals surface area contributed by atoms with Gasteiger partial charge >= 0.3 is 0 Å². The number of halogens is 1. The van der Waals surface area contributed by atoms with Gasteiger partial charge < -0.3 is 10.4 Å². The van der Waals surface area contributed by atoms with Gasteiger partial charge in [-0.05, 0) is 43.5 Å². The van der Waals surface area contributed by atoms with E-state index in [-0.39, 0.29) is 6.04 Å². The molecule has 2 fully saturated rings. The molecular weight excluding hydrogens is 246 g/mol. The minimum absolute atomic E-state index is 0.253. The first-order valence-corrected chi connectivity index (χ1v) is 7.28. The van der Waals surface area contributed by atoms with Crippen LogP contribution in [0.2, 0.25) is 5.02 Å². The molecule has 1 aliphatic heterocycles. The molecule has 0 bridgehead atoms. The summed E-state index contributed by atoms with van der Waals surface area (Å²) in [5.41, 5.74) is 0.753. The maximum Gasteiger partial charge on any atom is 0.0706 e. The number of fused-ring (bicyclic) bond motifs is 1. The smallest absolute Gasteiger partial charge is 0.0706 e. The fourth-order valence-corrected chi connectivity index (χ4v) is 3.87. The Labute approximate surface area is 113 Å². The first-order chi connectivity index (χ1) is 8.69. The van der Waals surface area contributed by atoms with E-state index in [1.807, 2.05) is 18.2 Å². The summed E-state index contributed by atoms with van der Waals surface area (Å²) in [6.45, 7) is 0.893. The SMILES string of the molecule is O[C@@]12CCCC[C@@H]1[C@@H](c1cccc(Cl)c1)NCC2. The number of benzene rings is 1. The first kappa shape index (κ1) is 12.5. The Hall–Kier alpha value is -0.570. The summed E-state index contributed by atoms with van der Waals surface area (Å²) >= 11 is 6.08. The van der Waals surface area contributed by atoms with E-state index in [4.69, 9.17) is 11.6 Å². The monoisotopic (exact) mass is 265 g/mol. The summed E-state index contributed by atoms with van der Waals surface area (Å²) in [6.07, 6.45) is 5.34. The summed E-state index contributed by atoms with van der Waals surface area (Å²) in [5, 5.41) is 15.2. The molecule has 3 atom stereocenters. The lowest BCUT2D eigenvalue weighted by Crippen LogP contribution is -2.53. The predicted molar refractivity (Wildman–Crippen MR) is 73.7 cm³/mol. The zero-order valence-corrected chi connectivity index (χ0v) is 11.3. The van der Waals surface area contributed by atoms with Crippen molar-refractivity contribution in [2.75, 3.05) is 6.54 Å². The molecule has 3 rings (SSSR count). The Morgan fingerprint density at radius 1 is 1.28 bits per heavy atom. The number of nitrogens with one attached hydrogen (secondary N) is 1. The van der Waals surface area contributed by atoms with Crippen LogP contribution in [0.25, 0.3) is 0 Å². The number of rotatable bonds is 1. The number of piperidine rings is 1. The van der Waals surface area contributed by atoms with Crippen molar-refractivity contribution in [1.82, 2.24) is 5.32 Å². The molecule has 1 aliphatic carbocycles. The highest BCUT2D eigenvalue weighted by Gasteiger charge is 2.45. The van der Waals surface area contributed by atoms with Crippen LogP contribution in [-0.2, 0) is 0 Å². The van der Waals surface area contributed by atoms with E-state index in [9.17, 15) is 5.11 Å². The van der Waals surface area contributed by atoms with E-state index in [1.165, 1.54) is 12.0 Å². The molecule has 18 heavy (non-hydrogen) atoms. The quantitative estimate of drug-likeness (QED) is 0.817. The number of hydrogen-bond acceptors (Lipinski definition) is 2. The Morgan fingerprint density at radius 2 is 2.17 bits per heavy atom. The van der Waals surface area contributed by atoms with Crippen LogP contribution < -0.4 is 5.32 Å². The molecule has 2 nitrogen and oxygen atoms in total. The Bertz CT molecular complexity index is 432. The molecule has 1 saturated heterocycles. The van der Waals surface area contributed by atoms with Crippen LogP contribution in [0, 0.1) is 5.92 Å². The summed E-state index contributed by atoms with van der Waals surface area (Å²) in [6, 6.07) is 8.29. The van der Waals surface area contributed by atoms with Gasteiger partial charge in [-0.15, -0.1) is 0 Å². The van der Waals surface area contributed by atoms with E-state index < -0.39 is 5.60 Å². The van der Waals surface area contributed by atoms with Gasteiger partial charge in [-0.25, -0.2) is 0 Å². The standard InChI is InChI=1S/C15H20ClNO/c16-12-5-3-4-11(10-12)14-13-6-1-2-7-15(13,18)8-9-17-14/h3-5,10,13-14,17-18H,1-2,6-9H2/t13-,14-,15-/m1/s1. The van der Waals surface area contributed by atoms with Gasteiger partial charge in [-0.3, -0.25) is 0 Å². The van der Waals surface area contributed by atoms with Gasteiger partial charge in [-0.2, -0.15) is 0 Å². The molecular formula is C15H20ClNO. The molecule has 0 aromatic heterocycles. The normalized spacial score (nSPS) is 36.1. The van der Waals surface area contributed by atoms with Gasteiger partial charge in [0.25, 0.3) is 0 Å². The summed E-state index contributed by atoms with van der Waals surface area (Å²) in [7, 11) is 0. The van der Waals surface area contributed by atoms with Gasteiger partial charge in [0.15, 0.2) is 0 Å². The molecule has 0 amide bonds. The summed E-state index contributed by atoms with van der Waals surface area (Å²) in [5.74, 6) is 0.332. The van der Waals surface area contributed by atoms with Crippen molar-refractivity contribution >= 4 is 11.6 Å². The molecule has 1 aromatic carbocycles. The van der Waals surface area contributed by atoms with Gasteiger partial charge in [-0.1, -0.05) is 36.6 Å². The van der Waals surface area contributed by atoms with Crippen molar-refractivity contribution in [3.05, 3.63) is 34.9 Å². The molecule has 98 valence electrons. The minimum atomic E-state index is -0.462. The van der Waals surface area contributed by atoms with E-state index in [2.05, 4.69) is 11.4 Å². The van der Waals surface area contributed by atoms with Crippen LogP contribution in [0.15, 0.2) is 24.3 Å². The molecule has 0 spiro atoms. The van der Waals surface area contributed by atoms with Crippen molar-refractivity contribution in [1.29, 1.82) is 0 Å². The highest BCUT2D eigenvalue weighted by Crippen LogP contribution is 2.45. The Morgan fingerprint density at radius 3 is 3.00 bits per heavy atom. The van der Waals surface area contributed by atoms with Gasteiger partial charge in [0.05, 0.1) is 5.60 Å². The fourth-order valence-electron chi connectivity index (χ4n) is 3.67. The molecule has 1 aromatic rings. The molecule has 1 heterocycles. The average molecular weight is 266 g/mol.